The first-order valence-electron chi connectivity index (χ1n) is 10.3. The van der Waals surface area contributed by atoms with Crippen molar-refractivity contribution in [3.63, 3.8) is 0 Å². The largest absolute Gasteiger partial charge is 0.346 e. The lowest BCUT2D eigenvalue weighted by Crippen LogP contribution is -2.32. The van der Waals surface area contributed by atoms with Crippen molar-refractivity contribution >= 4 is 23.2 Å². The summed E-state index contributed by atoms with van der Waals surface area (Å²) in [5, 5.41) is 19.8. The van der Waals surface area contributed by atoms with Crippen LogP contribution in [0.4, 0.5) is 0 Å². The van der Waals surface area contributed by atoms with Crippen molar-refractivity contribution < 1.29 is 4.79 Å². The molecule has 2 N–H and O–H groups in total. The fraction of sp³-hybridized carbons (Fsp3) is 0.304. The highest BCUT2D eigenvalue weighted by Gasteiger charge is 2.23. The standard InChI is InChI=1S/C23H25ClN6O/c1-14(2)12-19(23-29-27-20-6-4-5-11-30(20)23)25-21(31)13-18-15(3)26-28-22(18)16-7-9-17(24)10-8-16/h4-11,14,19H,12-13H2,1-3H3,(H,25,31)(H,26,28). The van der Waals surface area contributed by atoms with E-state index in [2.05, 4.69) is 39.6 Å². The molecule has 1 amide bonds. The van der Waals surface area contributed by atoms with Crippen LogP contribution in [0.2, 0.25) is 5.02 Å². The number of carbonyl (C=O) groups excluding carboxylic acids is 1. The van der Waals surface area contributed by atoms with E-state index in [9.17, 15) is 4.79 Å². The Labute approximate surface area is 185 Å². The molecule has 3 heterocycles. The second-order valence-electron chi connectivity index (χ2n) is 8.10. The number of nitrogens with zero attached hydrogens (tertiary/aromatic N) is 4. The first-order valence-corrected chi connectivity index (χ1v) is 10.7. The molecule has 4 rings (SSSR count). The average molecular weight is 437 g/mol. The molecule has 160 valence electrons. The van der Waals surface area contributed by atoms with Gasteiger partial charge in [-0.15, -0.1) is 10.2 Å². The fourth-order valence-corrected chi connectivity index (χ4v) is 3.84. The highest BCUT2D eigenvalue weighted by molar-refractivity contribution is 6.30. The quantitative estimate of drug-likeness (QED) is 0.445. The van der Waals surface area contributed by atoms with Crippen molar-refractivity contribution in [1.29, 1.82) is 0 Å². The highest BCUT2D eigenvalue weighted by atomic mass is 35.5. The first kappa shape index (κ1) is 21.1. The lowest BCUT2D eigenvalue weighted by Gasteiger charge is -2.19. The lowest BCUT2D eigenvalue weighted by molar-refractivity contribution is -0.121. The van der Waals surface area contributed by atoms with Gasteiger partial charge in [0.25, 0.3) is 0 Å². The molecule has 0 aliphatic heterocycles. The number of H-pyrrole nitrogens is 1. The minimum atomic E-state index is -0.240. The predicted molar refractivity (Wildman–Crippen MR) is 121 cm³/mol. The summed E-state index contributed by atoms with van der Waals surface area (Å²) in [5.41, 5.74) is 4.18. The third kappa shape index (κ3) is 4.61. The molecule has 0 bridgehead atoms. The minimum Gasteiger partial charge on any atom is -0.346 e. The van der Waals surface area contributed by atoms with Crippen LogP contribution in [-0.4, -0.2) is 30.7 Å². The third-order valence-electron chi connectivity index (χ3n) is 5.22. The monoisotopic (exact) mass is 436 g/mol. The van der Waals surface area contributed by atoms with E-state index in [1.165, 1.54) is 0 Å². The van der Waals surface area contributed by atoms with Gasteiger partial charge in [-0.2, -0.15) is 5.10 Å². The topological polar surface area (TPSA) is 88.0 Å². The maximum Gasteiger partial charge on any atom is 0.225 e. The maximum absolute atomic E-state index is 13.1. The van der Waals surface area contributed by atoms with Gasteiger partial charge in [-0.25, -0.2) is 0 Å². The van der Waals surface area contributed by atoms with Crippen LogP contribution in [0.15, 0.2) is 48.7 Å². The van der Waals surface area contributed by atoms with Crippen LogP contribution in [0.25, 0.3) is 16.9 Å². The molecule has 1 aromatic carbocycles. The Hall–Kier alpha value is -3.19. The van der Waals surface area contributed by atoms with Gasteiger partial charge in [0.05, 0.1) is 18.2 Å². The summed E-state index contributed by atoms with van der Waals surface area (Å²) in [5.74, 6) is 1.03. The van der Waals surface area contributed by atoms with E-state index in [0.29, 0.717) is 10.9 Å². The number of aromatic nitrogens is 5. The summed E-state index contributed by atoms with van der Waals surface area (Å²) in [4.78, 5) is 13.1. The van der Waals surface area contributed by atoms with Crippen LogP contribution in [0, 0.1) is 12.8 Å². The van der Waals surface area contributed by atoms with E-state index < -0.39 is 0 Å². The third-order valence-corrected chi connectivity index (χ3v) is 5.47. The summed E-state index contributed by atoms with van der Waals surface area (Å²) < 4.78 is 1.93. The zero-order valence-corrected chi connectivity index (χ0v) is 18.5. The number of aryl methyl sites for hydroxylation is 1. The fourth-order valence-electron chi connectivity index (χ4n) is 3.72. The molecule has 8 heteroatoms. The molecule has 0 spiro atoms. The Bertz CT molecular complexity index is 1190. The van der Waals surface area contributed by atoms with Gasteiger partial charge < -0.3 is 5.32 Å². The smallest absolute Gasteiger partial charge is 0.225 e. The number of nitrogens with one attached hydrogen (secondary N) is 2. The van der Waals surface area contributed by atoms with Gasteiger partial charge in [0.2, 0.25) is 5.91 Å². The van der Waals surface area contributed by atoms with Crippen LogP contribution in [0.3, 0.4) is 0 Å². The number of carbonyl (C=O) groups is 1. The van der Waals surface area contributed by atoms with Crippen LogP contribution < -0.4 is 5.32 Å². The number of pyridine rings is 1. The average Bonchev–Trinajstić information content (AvgIpc) is 3.32. The normalized spacial score (nSPS) is 12.4. The second kappa shape index (κ2) is 8.89. The number of aromatic amines is 1. The van der Waals surface area contributed by atoms with Crippen molar-refractivity contribution in [3.8, 4) is 11.3 Å². The van der Waals surface area contributed by atoms with E-state index in [4.69, 9.17) is 11.6 Å². The van der Waals surface area contributed by atoms with E-state index in [1.807, 2.05) is 60.0 Å². The maximum atomic E-state index is 13.1. The molecule has 3 aromatic heterocycles. The number of halogens is 1. The van der Waals surface area contributed by atoms with Crippen LogP contribution in [0.5, 0.6) is 0 Å². The second-order valence-corrected chi connectivity index (χ2v) is 8.53. The number of hydrogen-bond acceptors (Lipinski definition) is 4. The van der Waals surface area contributed by atoms with E-state index in [-0.39, 0.29) is 18.4 Å². The molecule has 0 saturated carbocycles. The Kier molecular flexibility index (Phi) is 6.04. The van der Waals surface area contributed by atoms with Crippen molar-refractivity contribution in [1.82, 2.24) is 30.1 Å². The van der Waals surface area contributed by atoms with Gasteiger partial charge in [0.15, 0.2) is 11.5 Å². The zero-order valence-electron chi connectivity index (χ0n) is 17.8. The van der Waals surface area contributed by atoms with Gasteiger partial charge in [0.1, 0.15) is 0 Å². The molecule has 0 saturated heterocycles. The molecule has 0 aliphatic rings. The van der Waals surface area contributed by atoms with Gasteiger partial charge >= 0.3 is 0 Å². The van der Waals surface area contributed by atoms with Gasteiger partial charge in [-0.05, 0) is 43.5 Å². The number of hydrogen-bond donors (Lipinski definition) is 2. The van der Waals surface area contributed by atoms with Crippen molar-refractivity contribution in [2.45, 2.75) is 39.7 Å². The molecule has 0 radical (unpaired) electrons. The molecule has 0 fully saturated rings. The molecular weight excluding hydrogens is 412 g/mol. The number of rotatable bonds is 7. The van der Waals surface area contributed by atoms with E-state index in [1.54, 1.807) is 0 Å². The highest BCUT2D eigenvalue weighted by Crippen LogP contribution is 2.26. The molecule has 1 atom stereocenters. The predicted octanol–water partition coefficient (Wildman–Crippen LogP) is 4.53. The SMILES string of the molecule is Cc1[nH]nc(-c2ccc(Cl)cc2)c1CC(=O)NC(CC(C)C)c1nnc2ccccn12. The Morgan fingerprint density at radius 2 is 1.94 bits per heavy atom. The summed E-state index contributed by atoms with van der Waals surface area (Å²) in [7, 11) is 0. The molecular formula is C23H25ClN6O. The number of benzene rings is 1. The Morgan fingerprint density at radius 1 is 1.16 bits per heavy atom. The van der Waals surface area contributed by atoms with Gasteiger partial charge in [-0.3, -0.25) is 14.3 Å². The van der Waals surface area contributed by atoms with Gasteiger partial charge in [-0.1, -0.05) is 43.6 Å². The summed E-state index contributed by atoms with van der Waals surface area (Å²) in [6.45, 7) is 6.18. The molecule has 1 unspecified atom stereocenters. The molecule has 0 aliphatic carbocycles. The van der Waals surface area contributed by atoms with E-state index in [0.717, 1.165) is 40.4 Å². The first-order chi connectivity index (χ1) is 14.9. The van der Waals surface area contributed by atoms with Crippen LogP contribution in [-0.2, 0) is 11.2 Å². The van der Waals surface area contributed by atoms with Crippen LogP contribution >= 0.6 is 11.6 Å². The van der Waals surface area contributed by atoms with Crippen molar-refractivity contribution in [3.05, 3.63) is 70.8 Å². The minimum absolute atomic E-state index is 0.0851. The van der Waals surface area contributed by atoms with Crippen molar-refractivity contribution in [2.24, 2.45) is 5.92 Å². The summed E-state index contributed by atoms with van der Waals surface area (Å²) >= 11 is 6.01. The Balaban J connectivity index is 1.58. The lowest BCUT2D eigenvalue weighted by atomic mass is 10.0. The van der Waals surface area contributed by atoms with Crippen LogP contribution in [0.1, 0.15) is 43.4 Å². The summed E-state index contributed by atoms with van der Waals surface area (Å²) in [6, 6.07) is 13.0. The summed E-state index contributed by atoms with van der Waals surface area (Å²) in [6.07, 6.45) is 2.89. The van der Waals surface area contributed by atoms with Crippen molar-refractivity contribution in [2.75, 3.05) is 0 Å². The molecule has 4 aromatic rings. The molecule has 7 nitrogen and oxygen atoms in total. The zero-order chi connectivity index (χ0) is 22.0. The van der Waals surface area contributed by atoms with E-state index >= 15 is 0 Å². The number of amides is 1. The Morgan fingerprint density at radius 3 is 2.68 bits per heavy atom. The molecule has 31 heavy (non-hydrogen) atoms. The van der Waals surface area contributed by atoms with Gasteiger partial charge in [0, 0.05) is 28.0 Å². The number of fused-ring (bicyclic) bond motifs is 1.